The lowest BCUT2D eigenvalue weighted by atomic mass is 9.97. The first-order valence-electron chi connectivity index (χ1n) is 12.3. The number of carbonyl (C=O) groups excluding carboxylic acids is 2. The van der Waals surface area contributed by atoms with Crippen molar-refractivity contribution in [1.29, 1.82) is 0 Å². The second kappa shape index (κ2) is 11.4. The smallest absolute Gasteiger partial charge is 0.259 e. The molecular weight excluding hydrogens is 446 g/mol. The number of benzene rings is 2. The van der Waals surface area contributed by atoms with Crippen molar-refractivity contribution in [1.82, 2.24) is 5.32 Å². The minimum Gasteiger partial charge on any atom is -0.497 e. The summed E-state index contributed by atoms with van der Waals surface area (Å²) in [6.45, 7) is 5.30. The molecule has 0 spiro atoms. The normalized spacial score (nSPS) is 18.3. The van der Waals surface area contributed by atoms with Gasteiger partial charge in [-0.2, -0.15) is 0 Å². The first-order chi connectivity index (χ1) is 17.0. The second-order valence-electron chi connectivity index (χ2n) is 9.27. The quantitative estimate of drug-likeness (QED) is 0.590. The summed E-state index contributed by atoms with van der Waals surface area (Å²) in [5.41, 5.74) is 2.37. The van der Waals surface area contributed by atoms with E-state index < -0.39 is 0 Å². The van der Waals surface area contributed by atoms with Crippen LogP contribution in [0.1, 0.15) is 53.3 Å². The van der Waals surface area contributed by atoms with Crippen LogP contribution < -0.4 is 25.0 Å². The lowest BCUT2D eigenvalue weighted by molar-refractivity contribution is 0.0858. The van der Waals surface area contributed by atoms with Crippen LogP contribution in [-0.2, 0) is 4.74 Å². The van der Waals surface area contributed by atoms with Gasteiger partial charge in [0.2, 0.25) is 0 Å². The molecule has 188 valence electrons. The predicted molar refractivity (Wildman–Crippen MR) is 136 cm³/mol. The summed E-state index contributed by atoms with van der Waals surface area (Å²) < 4.78 is 16.3. The molecule has 0 bridgehead atoms. The molecule has 2 saturated heterocycles. The Morgan fingerprint density at radius 2 is 1.80 bits per heavy atom. The molecule has 0 saturated carbocycles. The Bertz CT molecular complexity index is 1040. The van der Waals surface area contributed by atoms with Gasteiger partial charge in [-0.3, -0.25) is 9.59 Å². The molecule has 1 unspecified atom stereocenters. The average Bonchev–Trinajstić information content (AvgIpc) is 3.41. The van der Waals surface area contributed by atoms with Gasteiger partial charge in [-0.15, -0.1) is 0 Å². The molecule has 2 heterocycles. The highest BCUT2D eigenvalue weighted by atomic mass is 16.5. The summed E-state index contributed by atoms with van der Waals surface area (Å²) in [5, 5.41) is 5.95. The fourth-order valence-electron chi connectivity index (χ4n) is 4.61. The fourth-order valence-corrected chi connectivity index (χ4v) is 4.61. The van der Waals surface area contributed by atoms with Gasteiger partial charge >= 0.3 is 0 Å². The Balaban J connectivity index is 1.56. The van der Waals surface area contributed by atoms with Gasteiger partial charge in [-0.25, -0.2) is 0 Å². The molecule has 2 amide bonds. The largest absolute Gasteiger partial charge is 0.497 e. The number of ether oxygens (including phenoxy) is 3. The van der Waals surface area contributed by atoms with Crippen molar-refractivity contribution in [2.45, 2.75) is 38.7 Å². The number of anilines is 2. The third kappa shape index (κ3) is 6.06. The zero-order chi connectivity index (χ0) is 24.8. The van der Waals surface area contributed by atoms with Crippen LogP contribution in [0.4, 0.5) is 11.4 Å². The molecular formula is C27H35N3O5. The topological polar surface area (TPSA) is 89.1 Å². The number of rotatable bonds is 8. The minimum atomic E-state index is -0.324. The summed E-state index contributed by atoms with van der Waals surface area (Å²) >= 11 is 0. The van der Waals surface area contributed by atoms with Crippen molar-refractivity contribution in [3.05, 3.63) is 47.5 Å². The lowest BCUT2D eigenvalue weighted by Crippen LogP contribution is -2.36. The molecule has 4 rings (SSSR count). The maximum Gasteiger partial charge on any atom is 0.259 e. The number of carbonyl (C=O) groups is 2. The third-order valence-electron chi connectivity index (χ3n) is 6.79. The van der Waals surface area contributed by atoms with E-state index in [-0.39, 0.29) is 17.9 Å². The van der Waals surface area contributed by atoms with Crippen molar-refractivity contribution in [3.8, 4) is 11.5 Å². The summed E-state index contributed by atoms with van der Waals surface area (Å²) in [5.74, 6) is 1.21. The Kier molecular flexibility index (Phi) is 8.13. The molecule has 35 heavy (non-hydrogen) atoms. The Morgan fingerprint density at radius 3 is 2.49 bits per heavy atom. The fraction of sp³-hybridized carbons (Fsp3) is 0.481. The SMILES string of the molecule is COc1ccc(C(=O)Nc2ccc(N3CCC(C)CC3)c(C(=O)NCC3CCCO3)c2)c(OC)c1. The van der Waals surface area contributed by atoms with E-state index in [2.05, 4.69) is 22.5 Å². The number of nitrogens with zero attached hydrogens (tertiary/aromatic N) is 1. The van der Waals surface area contributed by atoms with Crippen molar-refractivity contribution in [2.24, 2.45) is 5.92 Å². The first kappa shape index (κ1) is 24.9. The molecule has 8 nitrogen and oxygen atoms in total. The highest BCUT2D eigenvalue weighted by molar-refractivity contribution is 6.08. The molecule has 0 radical (unpaired) electrons. The van der Waals surface area contributed by atoms with Gasteiger partial charge in [-0.1, -0.05) is 6.92 Å². The number of piperidine rings is 1. The Morgan fingerprint density at radius 1 is 1.00 bits per heavy atom. The predicted octanol–water partition coefficient (Wildman–Crippen LogP) is 4.10. The summed E-state index contributed by atoms with van der Waals surface area (Å²) in [4.78, 5) is 28.6. The van der Waals surface area contributed by atoms with Crippen LogP contribution in [0.3, 0.4) is 0 Å². The molecule has 2 N–H and O–H groups in total. The first-order valence-corrected chi connectivity index (χ1v) is 12.3. The van der Waals surface area contributed by atoms with Gasteiger partial charge in [0.25, 0.3) is 11.8 Å². The number of nitrogens with one attached hydrogen (secondary N) is 2. The van der Waals surface area contributed by atoms with E-state index in [1.54, 1.807) is 31.4 Å². The molecule has 8 heteroatoms. The molecule has 2 aliphatic rings. The molecule has 2 aromatic carbocycles. The average molecular weight is 482 g/mol. The van der Waals surface area contributed by atoms with Gasteiger partial charge in [-0.05, 0) is 61.9 Å². The van der Waals surface area contributed by atoms with Crippen LogP contribution in [0.2, 0.25) is 0 Å². The molecule has 2 aromatic rings. The second-order valence-corrected chi connectivity index (χ2v) is 9.27. The van der Waals surface area contributed by atoms with E-state index in [1.165, 1.54) is 7.11 Å². The van der Waals surface area contributed by atoms with E-state index in [0.717, 1.165) is 51.1 Å². The Labute approximate surface area is 206 Å². The zero-order valence-electron chi connectivity index (χ0n) is 20.8. The maximum absolute atomic E-state index is 13.3. The van der Waals surface area contributed by atoms with Crippen LogP contribution in [0, 0.1) is 5.92 Å². The molecule has 0 aliphatic carbocycles. The highest BCUT2D eigenvalue weighted by Gasteiger charge is 2.24. The number of amides is 2. The summed E-state index contributed by atoms with van der Waals surface area (Å²) in [6.07, 6.45) is 4.22. The van der Waals surface area contributed by atoms with Gasteiger partial charge in [0.1, 0.15) is 11.5 Å². The van der Waals surface area contributed by atoms with Crippen LogP contribution in [0.25, 0.3) is 0 Å². The number of hydrogen-bond donors (Lipinski definition) is 2. The van der Waals surface area contributed by atoms with Crippen LogP contribution >= 0.6 is 0 Å². The summed E-state index contributed by atoms with van der Waals surface area (Å²) in [7, 11) is 3.07. The van der Waals surface area contributed by atoms with Crippen LogP contribution in [0.5, 0.6) is 11.5 Å². The van der Waals surface area contributed by atoms with E-state index in [9.17, 15) is 9.59 Å². The highest BCUT2D eigenvalue weighted by Crippen LogP contribution is 2.30. The van der Waals surface area contributed by atoms with E-state index in [0.29, 0.717) is 40.8 Å². The van der Waals surface area contributed by atoms with Crippen molar-refractivity contribution in [3.63, 3.8) is 0 Å². The molecule has 1 atom stereocenters. The zero-order valence-corrected chi connectivity index (χ0v) is 20.8. The maximum atomic E-state index is 13.3. The van der Waals surface area contributed by atoms with E-state index in [1.807, 2.05) is 12.1 Å². The molecule has 2 aliphatic heterocycles. The molecule has 2 fully saturated rings. The van der Waals surface area contributed by atoms with Gasteiger partial charge in [0.05, 0.1) is 31.5 Å². The van der Waals surface area contributed by atoms with Crippen molar-refractivity contribution in [2.75, 3.05) is 50.7 Å². The monoisotopic (exact) mass is 481 g/mol. The molecule has 0 aromatic heterocycles. The van der Waals surface area contributed by atoms with Gasteiger partial charge < -0.3 is 29.7 Å². The number of hydrogen-bond acceptors (Lipinski definition) is 6. The van der Waals surface area contributed by atoms with Gasteiger partial charge in [0.15, 0.2) is 0 Å². The van der Waals surface area contributed by atoms with Gasteiger partial charge in [0, 0.05) is 43.7 Å². The van der Waals surface area contributed by atoms with Crippen molar-refractivity contribution < 1.29 is 23.8 Å². The number of methoxy groups -OCH3 is 2. The van der Waals surface area contributed by atoms with Crippen molar-refractivity contribution >= 4 is 23.2 Å². The van der Waals surface area contributed by atoms with Crippen LogP contribution in [-0.4, -0.2) is 58.4 Å². The van der Waals surface area contributed by atoms with Crippen LogP contribution in [0.15, 0.2) is 36.4 Å². The lowest BCUT2D eigenvalue weighted by Gasteiger charge is -2.33. The minimum absolute atomic E-state index is 0.0589. The standard InChI is InChI=1S/C27H35N3O5/c1-18-10-12-30(13-11-18)24-9-6-19(15-23(24)26(31)28-17-21-5-4-14-35-21)29-27(32)22-8-7-20(33-2)16-25(22)34-3/h6-9,15-16,18,21H,4-5,10-14,17H2,1-3H3,(H,28,31)(H,29,32). The van der Waals surface area contributed by atoms with E-state index >= 15 is 0 Å². The Hall–Kier alpha value is -3.26. The summed E-state index contributed by atoms with van der Waals surface area (Å²) in [6, 6.07) is 10.6. The third-order valence-corrected chi connectivity index (χ3v) is 6.79. The van der Waals surface area contributed by atoms with E-state index in [4.69, 9.17) is 14.2 Å².